The molecule has 1 aliphatic rings. The van der Waals surface area contributed by atoms with E-state index in [1.54, 1.807) is 12.1 Å². The Balaban J connectivity index is 2.19. The highest BCUT2D eigenvalue weighted by Gasteiger charge is 2.44. The molecule has 0 amide bonds. The monoisotopic (exact) mass is 332 g/mol. The number of nitrogens with zero attached hydrogens (tertiary/aromatic N) is 1. The van der Waals surface area contributed by atoms with E-state index in [1.807, 2.05) is 0 Å². The third-order valence-electron chi connectivity index (χ3n) is 3.73. The van der Waals surface area contributed by atoms with Crippen LogP contribution in [0.25, 0.3) is 0 Å². The number of alkyl halides is 4. The minimum Gasteiger partial charge on any atom is -0.428 e. The Morgan fingerprint density at radius 3 is 2.61 bits per heavy atom. The lowest BCUT2D eigenvalue weighted by atomic mass is 10.0. The summed E-state index contributed by atoms with van der Waals surface area (Å²) in [5, 5.41) is 3.24. The summed E-state index contributed by atoms with van der Waals surface area (Å²) < 4.78 is 54.8. The van der Waals surface area contributed by atoms with Crippen molar-refractivity contribution >= 4 is 0 Å². The standard InChI is InChI=1S/C16H20F4N2O/c1-2-4-14(22-9-7-21-8-10-22)12-5-3-6-13(11-12)23-16(19,20)15(17)18/h2-3,5-6,11,14-15,21H,1,4,7-10H2/t14-/m1/s1. The van der Waals surface area contributed by atoms with Gasteiger partial charge in [0.15, 0.2) is 0 Å². The average molecular weight is 332 g/mol. The topological polar surface area (TPSA) is 24.5 Å². The van der Waals surface area contributed by atoms with E-state index in [9.17, 15) is 17.6 Å². The largest absolute Gasteiger partial charge is 0.461 e. The highest BCUT2D eigenvalue weighted by Crippen LogP contribution is 2.31. The van der Waals surface area contributed by atoms with Crippen LogP contribution in [0, 0.1) is 0 Å². The van der Waals surface area contributed by atoms with E-state index >= 15 is 0 Å². The zero-order chi connectivity index (χ0) is 16.9. The molecule has 1 aromatic carbocycles. The van der Waals surface area contributed by atoms with Gasteiger partial charge in [-0.05, 0) is 24.1 Å². The van der Waals surface area contributed by atoms with Crippen molar-refractivity contribution in [2.45, 2.75) is 25.0 Å². The molecule has 0 unspecified atom stereocenters. The Bertz CT molecular complexity index is 519. The van der Waals surface area contributed by atoms with Gasteiger partial charge in [0.05, 0.1) is 0 Å². The molecule has 23 heavy (non-hydrogen) atoms. The van der Waals surface area contributed by atoms with Gasteiger partial charge in [-0.3, -0.25) is 4.90 Å². The first kappa shape index (κ1) is 17.7. The molecule has 7 heteroatoms. The number of hydrogen-bond acceptors (Lipinski definition) is 3. The second-order valence-corrected chi connectivity index (χ2v) is 5.36. The Labute approximate surface area is 132 Å². The van der Waals surface area contributed by atoms with Crippen LogP contribution in [0.1, 0.15) is 18.0 Å². The number of rotatable bonds is 7. The Kier molecular flexibility index (Phi) is 6.01. The molecule has 2 rings (SSSR count). The Hall–Kier alpha value is -1.60. The van der Waals surface area contributed by atoms with Gasteiger partial charge >= 0.3 is 12.5 Å². The minimum atomic E-state index is -4.50. The molecule has 0 saturated carbocycles. The molecule has 0 bridgehead atoms. The number of piperazine rings is 1. The van der Waals surface area contributed by atoms with E-state index in [0.29, 0.717) is 6.42 Å². The van der Waals surface area contributed by atoms with E-state index in [1.165, 1.54) is 18.2 Å². The van der Waals surface area contributed by atoms with Crippen LogP contribution in [-0.2, 0) is 0 Å². The van der Waals surface area contributed by atoms with E-state index in [4.69, 9.17) is 0 Å². The summed E-state index contributed by atoms with van der Waals surface area (Å²) in [6.45, 7) is 7.05. The molecule has 1 aliphatic heterocycles. The Morgan fingerprint density at radius 2 is 2.00 bits per heavy atom. The minimum absolute atomic E-state index is 0.0432. The van der Waals surface area contributed by atoms with Crippen molar-refractivity contribution < 1.29 is 22.3 Å². The third kappa shape index (κ3) is 4.68. The second-order valence-electron chi connectivity index (χ2n) is 5.36. The van der Waals surface area contributed by atoms with Gasteiger partial charge in [0.25, 0.3) is 0 Å². The van der Waals surface area contributed by atoms with Crippen LogP contribution in [0.3, 0.4) is 0 Å². The summed E-state index contributed by atoms with van der Waals surface area (Å²) in [6.07, 6.45) is -5.98. The molecular formula is C16H20F4N2O. The van der Waals surface area contributed by atoms with Crippen molar-refractivity contribution in [3.8, 4) is 5.75 Å². The molecule has 0 spiro atoms. The summed E-state index contributed by atoms with van der Waals surface area (Å²) in [4.78, 5) is 2.21. The van der Waals surface area contributed by atoms with Gasteiger partial charge in [-0.25, -0.2) is 0 Å². The zero-order valence-corrected chi connectivity index (χ0v) is 12.7. The number of ether oxygens (including phenoxy) is 1. The van der Waals surface area contributed by atoms with E-state index < -0.39 is 12.5 Å². The van der Waals surface area contributed by atoms with E-state index in [0.717, 1.165) is 31.7 Å². The predicted molar refractivity (Wildman–Crippen MR) is 80.0 cm³/mol. The molecule has 1 saturated heterocycles. The van der Waals surface area contributed by atoms with Crippen molar-refractivity contribution in [3.63, 3.8) is 0 Å². The van der Waals surface area contributed by atoms with Gasteiger partial charge in [0.2, 0.25) is 0 Å². The fourth-order valence-electron chi connectivity index (χ4n) is 2.63. The van der Waals surface area contributed by atoms with Crippen LogP contribution in [0.15, 0.2) is 36.9 Å². The van der Waals surface area contributed by atoms with Crippen LogP contribution in [0.2, 0.25) is 0 Å². The van der Waals surface area contributed by atoms with Crippen LogP contribution in [-0.4, -0.2) is 43.6 Å². The van der Waals surface area contributed by atoms with E-state index in [2.05, 4.69) is 21.5 Å². The second kappa shape index (κ2) is 7.79. The van der Waals surface area contributed by atoms with Crippen LogP contribution >= 0.6 is 0 Å². The predicted octanol–water partition coefficient (Wildman–Crippen LogP) is 3.45. The molecule has 128 valence electrons. The SMILES string of the molecule is C=CC[C@H](c1cccc(OC(F)(F)C(F)F)c1)N1CCNCC1. The lowest BCUT2D eigenvalue weighted by Gasteiger charge is -2.35. The van der Waals surface area contributed by atoms with Crippen molar-refractivity contribution in [3.05, 3.63) is 42.5 Å². The maximum absolute atomic E-state index is 13.1. The maximum atomic E-state index is 13.1. The molecule has 1 fully saturated rings. The van der Waals surface area contributed by atoms with Crippen LogP contribution in [0.5, 0.6) is 5.75 Å². The number of halogens is 4. The molecule has 1 aromatic rings. The first-order valence-corrected chi connectivity index (χ1v) is 7.44. The fraction of sp³-hybridized carbons (Fsp3) is 0.500. The summed E-state index contributed by atoms with van der Waals surface area (Å²) >= 11 is 0. The molecule has 0 aliphatic carbocycles. The quantitative estimate of drug-likeness (QED) is 0.611. The molecule has 1 heterocycles. The molecule has 0 radical (unpaired) electrons. The number of benzene rings is 1. The average Bonchev–Trinajstić information content (AvgIpc) is 2.53. The normalized spacial score (nSPS) is 18.0. The van der Waals surface area contributed by atoms with Gasteiger partial charge in [-0.15, -0.1) is 6.58 Å². The van der Waals surface area contributed by atoms with E-state index in [-0.39, 0.29) is 11.8 Å². The lowest BCUT2D eigenvalue weighted by Crippen LogP contribution is -2.45. The van der Waals surface area contributed by atoms with Gasteiger partial charge in [0, 0.05) is 32.2 Å². The smallest absolute Gasteiger partial charge is 0.428 e. The summed E-state index contributed by atoms with van der Waals surface area (Å²) in [5.74, 6) is -0.267. The summed E-state index contributed by atoms with van der Waals surface area (Å²) in [7, 11) is 0. The van der Waals surface area contributed by atoms with Crippen LogP contribution < -0.4 is 10.1 Å². The number of nitrogens with one attached hydrogen (secondary N) is 1. The summed E-state index contributed by atoms with van der Waals surface area (Å²) in [5.41, 5.74) is 0.745. The van der Waals surface area contributed by atoms with Gasteiger partial charge in [-0.1, -0.05) is 18.2 Å². The van der Waals surface area contributed by atoms with Crippen molar-refractivity contribution in [1.82, 2.24) is 10.2 Å². The molecule has 1 N–H and O–H groups in total. The zero-order valence-electron chi connectivity index (χ0n) is 12.7. The van der Waals surface area contributed by atoms with Crippen molar-refractivity contribution in [1.29, 1.82) is 0 Å². The Morgan fingerprint density at radius 1 is 1.30 bits per heavy atom. The maximum Gasteiger partial charge on any atom is 0.461 e. The fourth-order valence-corrected chi connectivity index (χ4v) is 2.63. The molecule has 0 aromatic heterocycles. The highest BCUT2D eigenvalue weighted by atomic mass is 19.3. The highest BCUT2D eigenvalue weighted by molar-refractivity contribution is 5.31. The number of hydrogen-bond donors (Lipinski definition) is 1. The molecule has 1 atom stereocenters. The van der Waals surface area contributed by atoms with Crippen molar-refractivity contribution in [2.24, 2.45) is 0 Å². The summed E-state index contributed by atoms with van der Waals surface area (Å²) in [6, 6.07) is 5.92. The first-order chi connectivity index (χ1) is 10.9. The lowest BCUT2D eigenvalue weighted by molar-refractivity contribution is -0.253. The molecular weight excluding hydrogens is 312 g/mol. The third-order valence-corrected chi connectivity index (χ3v) is 3.73. The van der Waals surface area contributed by atoms with Crippen LogP contribution in [0.4, 0.5) is 17.6 Å². The van der Waals surface area contributed by atoms with Gasteiger partial charge in [-0.2, -0.15) is 17.6 Å². The first-order valence-electron chi connectivity index (χ1n) is 7.44. The molecule has 3 nitrogen and oxygen atoms in total. The van der Waals surface area contributed by atoms with Gasteiger partial charge < -0.3 is 10.1 Å². The van der Waals surface area contributed by atoms with Crippen molar-refractivity contribution in [2.75, 3.05) is 26.2 Å². The van der Waals surface area contributed by atoms with Gasteiger partial charge in [0.1, 0.15) is 5.75 Å².